The number of nitrogens with zero attached hydrogens (tertiary/aromatic N) is 7. The molecule has 0 aliphatic carbocycles. The molecule has 1 atom stereocenters. The Labute approximate surface area is 260 Å². The van der Waals surface area contributed by atoms with Gasteiger partial charge in [0, 0.05) is 91.6 Å². The minimum Gasteiger partial charge on any atom is -0.356 e. The van der Waals surface area contributed by atoms with E-state index in [9.17, 15) is 18.8 Å². The van der Waals surface area contributed by atoms with Crippen molar-refractivity contribution in [2.75, 3.05) is 45.8 Å². The van der Waals surface area contributed by atoms with Gasteiger partial charge in [0.15, 0.2) is 11.6 Å². The molecule has 1 unspecified atom stereocenters. The number of aromatic nitrogens is 1. The van der Waals surface area contributed by atoms with Crippen LogP contribution in [0.2, 0.25) is 5.02 Å². The molecule has 0 saturated carbocycles. The monoisotopic (exact) mass is 623 g/mol. The molecule has 1 saturated heterocycles. The molecule has 1 aromatic heterocycles. The molecule has 2 aromatic rings. The third-order valence-electron chi connectivity index (χ3n) is 7.39. The lowest BCUT2D eigenvalue weighted by molar-refractivity contribution is -0.133. The standard InChI is InChI=1S/C30H35ClFN9O3/c1-20(42)28-25(37-30(24-6-2-3-11-34-24)38-29(28)22-10-9-21(32)18-23(22)31)19-40-14-16-41(17-15-40)27(44)8-4-7-26(43)35-12-5-13-36-39-33/h2-3,6,9-11,18,29H,4-5,7-8,12-17,19H2,1H3,(H,35,43)(H,37,38). The second kappa shape index (κ2) is 15.9. The van der Waals surface area contributed by atoms with Crippen molar-refractivity contribution in [2.45, 2.75) is 38.6 Å². The zero-order valence-electron chi connectivity index (χ0n) is 24.5. The first-order chi connectivity index (χ1) is 21.3. The molecule has 1 aromatic carbocycles. The lowest BCUT2D eigenvalue weighted by atomic mass is 9.92. The third kappa shape index (κ3) is 8.85. The molecule has 14 heteroatoms. The zero-order chi connectivity index (χ0) is 31.5. The summed E-state index contributed by atoms with van der Waals surface area (Å²) in [5.41, 5.74) is 10.5. The molecule has 1 fully saturated rings. The van der Waals surface area contributed by atoms with Crippen LogP contribution in [0.3, 0.4) is 0 Å². The van der Waals surface area contributed by atoms with Crippen molar-refractivity contribution in [2.24, 2.45) is 10.1 Å². The summed E-state index contributed by atoms with van der Waals surface area (Å²) >= 11 is 6.44. The number of Topliss-reactive ketones (excluding diaryl/α,β-unsaturated/α-hetero) is 1. The largest absolute Gasteiger partial charge is 0.356 e. The van der Waals surface area contributed by atoms with Crippen molar-refractivity contribution in [3.8, 4) is 0 Å². The second-order valence-corrected chi connectivity index (χ2v) is 10.9. The van der Waals surface area contributed by atoms with E-state index in [-0.39, 0.29) is 35.5 Å². The maximum Gasteiger partial charge on any atom is 0.222 e. The molecule has 0 spiro atoms. The molecule has 232 valence electrons. The van der Waals surface area contributed by atoms with Crippen molar-refractivity contribution >= 4 is 35.0 Å². The summed E-state index contributed by atoms with van der Waals surface area (Å²) in [5, 5.41) is 9.68. The maximum absolute atomic E-state index is 13.9. The predicted molar refractivity (Wildman–Crippen MR) is 164 cm³/mol. The molecule has 4 rings (SSSR count). The number of azide groups is 1. The van der Waals surface area contributed by atoms with Crippen LogP contribution in [-0.2, 0) is 14.4 Å². The van der Waals surface area contributed by atoms with Gasteiger partial charge in [0.2, 0.25) is 11.8 Å². The van der Waals surface area contributed by atoms with Crippen LogP contribution in [0.15, 0.2) is 64.0 Å². The molecular weight excluding hydrogens is 589 g/mol. The first kappa shape index (κ1) is 32.6. The van der Waals surface area contributed by atoms with Gasteiger partial charge in [0.25, 0.3) is 0 Å². The number of piperazine rings is 1. The van der Waals surface area contributed by atoms with E-state index in [1.165, 1.54) is 19.1 Å². The molecule has 12 nitrogen and oxygen atoms in total. The van der Waals surface area contributed by atoms with Crippen LogP contribution in [0, 0.1) is 5.82 Å². The van der Waals surface area contributed by atoms with Crippen LogP contribution < -0.4 is 10.6 Å². The number of carbonyl (C=O) groups is 3. The fourth-order valence-electron chi connectivity index (χ4n) is 5.16. The quantitative estimate of drug-likeness (QED) is 0.149. The highest BCUT2D eigenvalue weighted by atomic mass is 35.5. The summed E-state index contributed by atoms with van der Waals surface area (Å²) in [6, 6.07) is 8.76. The third-order valence-corrected chi connectivity index (χ3v) is 7.72. The number of pyridine rings is 1. The van der Waals surface area contributed by atoms with E-state index in [0.717, 1.165) is 0 Å². The number of carbonyl (C=O) groups excluding carboxylic acids is 3. The fraction of sp³-hybridized carbons (Fsp3) is 0.433. The Morgan fingerprint density at radius 2 is 1.95 bits per heavy atom. The van der Waals surface area contributed by atoms with Gasteiger partial charge in [-0.3, -0.25) is 29.3 Å². The minimum atomic E-state index is -0.750. The number of benzene rings is 1. The van der Waals surface area contributed by atoms with Gasteiger partial charge in [-0.15, -0.1) is 0 Å². The van der Waals surface area contributed by atoms with Crippen molar-refractivity contribution in [1.29, 1.82) is 0 Å². The van der Waals surface area contributed by atoms with Crippen LogP contribution in [0.4, 0.5) is 4.39 Å². The first-order valence-corrected chi connectivity index (χ1v) is 14.9. The summed E-state index contributed by atoms with van der Waals surface area (Å²) in [6.45, 7) is 4.84. The lowest BCUT2D eigenvalue weighted by Gasteiger charge is -2.37. The van der Waals surface area contributed by atoms with Crippen molar-refractivity contribution in [1.82, 2.24) is 25.4 Å². The number of nitrogens with one attached hydrogen (secondary N) is 2. The number of aliphatic imine (C=N–C) groups is 1. The van der Waals surface area contributed by atoms with E-state index in [4.69, 9.17) is 22.1 Å². The zero-order valence-corrected chi connectivity index (χ0v) is 25.3. The molecule has 2 aliphatic heterocycles. The summed E-state index contributed by atoms with van der Waals surface area (Å²) < 4.78 is 13.9. The Balaban J connectivity index is 1.39. The summed E-state index contributed by atoms with van der Waals surface area (Å²) in [6.07, 6.45) is 3.19. The van der Waals surface area contributed by atoms with E-state index in [1.807, 2.05) is 12.1 Å². The average molecular weight is 624 g/mol. The van der Waals surface area contributed by atoms with E-state index < -0.39 is 11.9 Å². The number of hydrogen-bond acceptors (Lipinski definition) is 8. The van der Waals surface area contributed by atoms with Gasteiger partial charge in [-0.05, 0) is 49.6 Å². The van der Waals surface area contributed by atoms with Gasteiger partial charge < -0.3 is 15.5 Å². The molecule has 2 aliphatic rings. The first-order valence-electron chi connectivity index (χ1n) is 14.5. The van der Waals surface area contributed by atoms with Crippen LogP contribution in [0.1, 0.15) is 49.9 Å². The number of ketones is 1. The van der Waals surface area contributed by atoms with Crippen LogP contribution in [0.5, 0.6) is 0 Å². The van der Waals surface area contributed by atoms with Crippen molar-refractivity contribution in [3.63, 3.8) is 0 Å². The fourth-order valence-corrected chi connectivity index (χ4v) is 5.43. The van der Waals surface area contributed by atoms with Gasteiger partial charge in [-0.2, -0.15) is 0 Å². The number of rotatable bonds is 13. The van der Waals surface area contributed by atoms with Crippen LogP contribution in [-0.4, -0.2) is 84.0 Å². The average Bonchev–Trinajstić information content (AvgIpc) is 3.01. The van der Waals surface area contributed by atoms with E-state index >= 15 is 0 Å². The highest BCUT2D eigenvalue weighted by molar-refractivity contribution is 6.31. The SMILES string of the molecule is CC(=O)C1=C(CN2CCN(C(=O)CCCC(=O)NCCCN=[N+]=[N-])CC2)NC(c2ccccn2)=NC1c1ccc(F)cc1Cl. The molecule has 0 radical (unpaired) electrons. The summed E-state index contributed by atoms with van der Waals surface area (Å²) in [5.74, 6) is -0.327. The summed E-state index contributed by atoms with van der Waals surface area (Å²) in [4.78, 5) is 53.7. The molecule has 44 heavy (non-hydrogen) atoms. The lowest BCUT2D eigenvalue weighted by Crippen LogP contribution is -2.50. The highest BCUT2D eigenvalue weighted by Gasteiger charge is 2.32. The Kier molecular flexibility index (Phi) is 11.8. The maximum atomic E-state index is 13.9. The van der Waals surface area contributed by atoms with Crippen molar-refractivity contribution < 1.29 is 18.8 Å². The van der Waals surface area contributed by atoms with Crippen LogP contribution in [0.25, 0.3) is 10.4 Å². The van der Waals surface area contributed by atoms with Gasteiger partial charge in [-0.25, -0.2) is 4.39 Å². The van der Waals surface area contributed by atoms with Crippen LogP contribution >= 0.6 is 11.6 Å². The van der Waals surface area contributed by atoms with E-state index in [0.29, 0.717) is 87.0 Å². The van der Waals surface area contributed by atoms with Gasteiger partial charge >= 0.3 is 0 Å². The van der Waals surface area contributed by atoms with Gasteiger partial charge in [-0.1, -0.05) is 28.8 Å². The number of halogens is 2. The Morgan fingerprint density at radius 3 is 2.64 bits per heavy atom. The van der Waals surface area contributed by atoms with E-state index in [2.05, 4.69) is 30.5 Å². The number of hydrogen-bond donors (Lipinski definition) is 2. The van der Waals surface area contributed by atoms with Gasteiger partial charge in [0.1, 0.15) is 17.6 Å². The van der Waals surface area contributed by atoms with E-state index in [1.54, 1.807) is 23.2 Å². The molecule has 2 N–H and O–H groups in total. The molecule has 2 amide bonds. The highest BCUT2D eigenvalue weighted by Crippen LogP contribution is 2.36. The normalized spacial score (nSPS) is 16.9. The molecule has 0 bridgehead atoms. The number of amides is 2. The smallest absolute Gasteiger partial charge is 0.222 e. The Morgan fingerprint density at radius 1 is 1.16 bits per heavy atom. The molecule has 3 heterocycles. The van der Waals surface area contributed by atoms with Gasteiger partial charge in [0.05, 0.1) is 0 Å². The summed E-state index contributed by atoms with van der Waals surface area (Å²) in [7, 11) is 0. The number of amidine groups is 1. The minimum absolute atomic E-state index is 0.00386. The second-order valence-electron chi connectivity index (χ2n) is 10.5. The topological polar surface area (TPSA) is 156 Å². The predicted octanol–water partition coefficient (Wildman–Crippen LogP) is 3.94. The van der Waals surface area contributed by atoms with Crippen molar-refractivity contribution in [3.05, 3.63) is 86.4 Å². The molecular formula is C30H35ClFN9O3. The Hall–Kier alpha value is -4.32. The Bertz CT molecular complexity index is 1470.